The molecule has 0 fully saturated rings. The molecule has 2 rings (SSSR count). The fraction of sp³-hybridized carbons (Fsp3) is 0.250. The lowest BCUT2D eigenvalue weighted by atomic mass is 10.1. The maximum absolute atomic E-state index is 12.2. The number of carbonyl (C=O) groups is 3. The van der Waals surface area contributed by atoms with Crippen molar-refractivity contribution in [3.63, 3.8) is 0 Å². The van der Waals surface area contributed by atoms with E-state index in [9.17, 15) is 14.4 Å². The van der Waals surface area contributed by atoms with Crippen molar-refractivity contribution in [1.82, 2.24) is 0 Å². The number of carbonyl (C=O) groups excluding carboxylic acids is 3. The number of anilines is 1. The van der Waals surface area contributed by atoms with E-state index in [2.05, 4.69) is 10.1 Å². The second-order valence-corrected chi connectivity index (χ2v) is 6.60. The number of amides is 1. The Bertz CT molecular complexity index is 852. The summed E-state index contributed by atoms with van der Waals surface area (Å²) in [6.07, 6.45) is 3.75. The zero-order valence-corrected chi connectivity index (χ0v) is 16.2. The van der Waals surface area contributed by atoms with Gasteiger partial charge >= 0.3 is 11.9 Å². The Morgan fingerprint density at radius 1 is 1.11 bits per heavy atom. The monoisotopic (exact) mass is 387 g/mol. The molecule has 1 N–H and O–H groups in total. The van der Waals surface area contributed by atoms with Crippen LogP contribution in [0.15, 0.2) is 36.4 Å². The van der Waals surface area contributed by atoms with Crippen LogP contribution < -0.4 is 5.32 Å². The summed E-state index contributed by atoms with van der Waals surface area (Å²) in [6.45, 7) is 3.98. The number of esters is 2. The molecule has 6 nitrogen and oxygen atoms in total. The molecule has 1 heterocycles. The Kier molecular flexibility index (Phi) is 7.31. The maximum atomic E-state index is 12.2. The predicted octanol–water partition coefficient (Wildman–Crippen LogP) is 3.93. The average Bonchev–Trinajstić information content (AvgIpc) is 3.09. The van der Waals surface area contributed by atoms with Gasteiger partial charge in [-0.2, -0.15) is 0 Å². The van der Waals surface area contributed by atoms with E-state index in [0.717, 1.165) is 16.9 Å². The van der Waals surface area contributed by atoms with Crippen LogP contribution in [-0.2, 0) is 20.7 Å². The molecule has 7 heteroatoms. The van der Waals surface area contributed by atoms with Crippen LogP contribution in [0.5, 0.6) is 0 Å². The SMILES string of the molecule is CCOC(=O)c1cc(CC)sc1NC(=O)/C=C/c1ccc(C(=O)OC)cc1. The number of ether oxygens (including phenoxy) is 2. The first-order valence-corrected chi connectivity index (χ1v) is 9.27. The lowest BCUT2D eigenvalue weighted by Gasteiger charge is -2.04. The van der Waals surface area contributed by atoms with Gasteiger partial charge in [-0.05, 0) is 43.2 Å². The van der Waals surface area contributed by atoms with Crippen molar-refractivity contribution >= 4 is 40.3 Å². The van der Waals surface area contributed by atoms with Gasteiger partial charge in [-0.15, -0.1) is 11.3 Å². The minimum absolute atomic E-state index is 0.269. The summed E-state index contributed by atoms with van der Waals surface area (Å²) in [5.41, 5.74) is 1.55. The van der Waals surface area contributed by atoms with Crippen molar-refractivity contribution in [2.45, 2.75) is 20.3 Å². The second-order valence-electron chi connectivity index (χ2n) is 5.47. The number of benzene rings is 1. The Labute approximate surface area is 161 Å². The number of rotatable bonds is 7. The van der Waals surface area contributed by atoms with Crippen molar-refractivity contribution in [1.29, 1.82) is 0 Å². The molecule has 0 saturated heterocycles. The van der Waals surface area contributed by atoms with Crippen molar-refractivity contribution in [3.05, 3.63) is 58.0 Å². The molecule has 142 valence electrons. The zero-order chi connectivity index (χ0) is 19.8. The van der Waals surface area contributed by atoms with Crippen LogP contribution in [0.1, 0.15) is 45.0 Å². The predicted molar refractivity (Wildman–Crippen MR) is 105 cm³/mol. The molecule has 1 aromatic heterocycles. The second kappa shape index (κ2) is 9.68. The molecule has 0 spiro atoms. The molecule has 0 unspecified atom stereocenters. The number of hydrogen-bond donors (Lipinski definition) is 1. The van der Waals surface area contributed by atoms with Crippen molar-refractivity contribution in [2.75, 3.05) is 19.0 Å². The van der Waals surface area contributed by atoms with E-state index in [4.69, 9.17) is 4.74 Å². The van der Waals surface area contributed by atoms with E-state index in [1.165, 1.54) is 24.5 Å². The van der Waals surface area contributed by atoms with E-state index < -0.39 is 11.9 Å². The first-order valence-electron chi connectivity index (χ1n) is 8.45. The van der Waals surface area contributed by atoms with Gasteiger partial charge in [0.25, 0.3) is 0 Å². The highest BCUT2D eigenvalue weighted by atomic mass is 32.1. The lowest BCUT2D eigenvalue weighted by molar-refractivity contribution is -0.111. The largest absolute Gasteiger partial charge is 0.465 e. The topological polar surface area (TPSA) is 81.7 Å². The van der Waals surface area contributed by atoms with Crippen molar-refractivity contribution in [3.8, 4) is 0 Å². The third-order valence-electron chi connectivity index (χ3n) is 3.62. The van der Waals surface area contributed by atoms with Gasteiger partial charge in [0.05, 0.1) is 24.8 Å². The van der Waals surface area contributed by atoms with Gasteiger partial charge in [0.2, 0.25) is 5.91 Å². The molecule has 0 aliphatic carbocycles. The minimum Gasteiger partial charge on any atom is -0.465 e. The van der Waals surface area contributed by atoms with Gasteiger partial charge in [-0.1, -0.05) is 19.1 Å². The average molecular weight is 387 g/mol. The number of hydrogen-bond acceptors (Lipinski definition) is 6. The quantitative estimate of drug-likeness (QED) is 0.575. The fourth-order valence-corrected chi connectivity index (χ4v) is 3.23. The van der Waals surface area contributed by atoms with Crippen molar-refractivity contribution in [2.24, 2.45) is 0 Å². The molecule has 0 atom stereocenters. The third kappa shape index (κ3) is 5.52. The number of thiophene rings is 1. The van der Waals surface area contributed by atoms with Gasteiger partial charge < -0.3 is 14.8 Å². The standard InChI is InChI=1S/C20H21NO5S/c1-4-15-12-16(20(24)26-5-2)18(27-15)21-17(22)11-8-13-6-9-14(10-7-13)19(23)25-3/h6-12H,4-5H2,1-3H3,(H,21,22)/b11-8+. The highest BCUT2D eigenvalue weighted by Crippen LogP contribution is 2.29. The summed E-state index contributed by atoms with van der Waals surface area (Å²) in [5.74, 6) is -1.23. The van der Waals surface area contributed by atoms with Crippen LogP contribution in [0.3, 0.4) is 0 Å². The Hall–Kier alpha value is -2.93. The number of methoxy groups -OCH3 is 1. The zero-order valence-electron chi connectivity index (χ0n) is 15.4. The first-order chi connectivity index (χ1) is 13.0. The smallest absolute Gasteiger partial charge is 0.341 e. The Morgan fingerprint density at radius 3 is 2.41 bits per heavy atom. The molecule has 0 saturated carbocycles. The molecule has 2 aromatic rings. The molecule has 27 heavy (non-hydrogen) atoms. The summed E-state index contributed by atoms with van der Waals surface area (Å²) in [4.78, 5) is 36.7. The van der Waals surface area contributed by atoms with Crippen LogP contribution in [0.2, 0.25) is 0 Å². The van der Waals surface area contributed by atoms with Crippen LogP contribution >= 0.6 is 11.3 Å². The normalized spacial score (nSPS) is 10.6. The summed E-state index contributed by atoms with van der Waals surface area (Å²) < 4.78 is 9.68. The summed E-state index contributed by atoms with van der Waals surface area (Å²) >= 11 is 1.35. The lowest BCUT2D eigenvalue weighted by Crippen LogP contribution is -2.11. The molecule has 0 radical (unpaired) electrons. The number of nitrogens with one attached hydrogen (secondary N) is 1. The molecule has 1 amide bonds. The highest BCUT2D eigenvalue weighted by molar-refractivity contribution is 7.16. The van der Waals surface area contributed by atoms with Gasteiger partial charge in [0.15, 0.2) is 0 Å². The summed E-state index contributed by atoms with van der Waals surface area (Å²) in [5, 5.41) is 3.20. The molecular formula is C20H21NO5S. The van der Waals surface area contributed by atoms with E-state index in [1.807, 2.05) is 6.92 Å². The summed E-state index contributed by atoms with van der Waals surface area (Å²) in [6, 6.07) is 8.40. The van der Waals surface area contributed by atoms with Crippen molar-refractivity contribution < 1.29 is 23.9 Å². The van der Waals surface area contributed by atoms with Crippen LogP contribution in [0.25, 0.3) is 6.08 Å². The van der Waals surface area contributed by atoms with Crippen LogP contribution in [0, 0.1) is 0 Å². The molecular weight excluding hydrogens is 366 g/mol. The highest BCUT2D eigenvalue weighted by Gasteiger charge is 2.17. The Morgan fingerprint density at radius 2 is 1.81 bits per heavy atom. The molecule has 0 bridgehead atoms. The molecule has 0 aliphatic rings. The third-order valence-corrected chi connectivity index (χ3v) is 4.82. The maximum Gasteiger partial charge on any atom is 0.341 e. The van der Waals surface area contributed by atoms with Gasteiger partial charge in [-0.3, -0.25) is 4.79 Å². The Balaban J connectivity index is 2.09. The van der Waals surface area contributed by atoms with Crippen LogP contribution in [-0.4, -0.2) is 31.6 Å². The fourth-order valence-electron chi connectivity index (χ4n) is 2.24. The number of aryl methyl sites for hydroxylation is 1. The first kappa shape index (κ1) is 20.4. The summed E-state index contributed by atoms with van der Waals surface area (Å²) in [7, 11) is 1.32. The molecule has 0 aliphatic heterocycles. The van der Waals surface area contributed by atoms with E-state index >= 15 is 0 Å². The van der Waals surface area contributed by atoms with Gasteiger partial charge in [-0.25, -0.2) is 9.59 Å². The van der Waals surface area contributed by atoms with Gasteiger partial charge in [0, 0.05) is 11.0 Å². The molecule has 1 aromatic carbocycles. The minimum atomic E-state index is -0.453. The van der Waals surface area contributed by atoms with Crippen LogP contribution in [0.4, 0.5) is 5.00 Å². The van der Waals surface area contributed by atoms with E-state index in [0.29, 0.717) is 16.1 Å². The van der Waals surface area contributed by atoms with E-state index in [1.54, 1.807) is 43.3 Å². The van der Waals surface area contributed by atoms with E-state index in [-0.39, 0.29) is 12.5 Å². The van der Waals surface area contributed by atoms with Gasteiger partial charge in [0.1, 0.15) is 5.00 Å².